The van der Waals surface area contributed by atoms with Crippen LogP contribution in [0.15, 0.2) is 65.2 Å². The normalized spacial score (nSPS) is 18.1. The topological polar surface area (TPSA) is 84.9 Å². The summed E-state index contributed by atoms with van der Waals surface area (Å²) in [5.74, 6) is 1.76. The Labute approximate surface area is 176 Å². The number of aliphatic hydroxyl groups is 1. The Morgan fingerprint density at radius 2 is 1.86 bits per heavy atom. The lowest BCUT2D eigenvalue weighted by atomic mass is 10.2. The number of aliphatic imine (C=N–C) groups is 1. The van der Waals surface area contributed by atoms with Gasteiger partial charge in [-0.15, -0.1) is 4.59 Å². The average Bonchev–Trinajstić information content (AvgIpc) is 3.35. The van der Waals surface area contributed by atoms with Crippen molar-refractivity contribution in [3.8, 4) is 11.5 Å². The van der Waals surface area contributed by atoms with Gasteiger partial charge in [-0.2, -0.15) is 14.8 Å². The van der Waals surface area contributed by atoms with Gasteiger partial charge in [0.2, 0.25) is 13.0 Å². The molecule has 0 aliphatic carbocycles. The largest absolute Gasteiger partial charge is 0.457 e. The smallest absolute Gasteiger partial charge is 0.225 e. The number of hydrogen-bond donors (Lipinski definition) is 1. The molecule has 1 atom stereocenters. The zero-order valence-corrected chi connectivity index (χ0v) is 16.7. The van der Waals surface area contributed by atoms with Crippen molar-refractivity contribution in [2.24, 2.45) is 10.1 Å². The molecule has 2 heterocycles. The van der Waals surface area contributed by atoms with Gasteiger partial charge in [-0.3, -0.25) is 0 Å². The lowest BCUT2D eigenvalue weighted by Gasteiger charge is -2.24. The first-order valence-corrected chi connectivity index (χ1v) is 9.52. The molecule has 8 nitrogen and oxygen atoms in total. The quantitative estimate of drug-likeness (QED) is 0.571. The van der Waals surface area contributed by atoms with E-state index in [9.17, 15) is 5.11 Å². The van der Waals surface area contributed by atoms with Gasteiger partial charge in [0.1, 0.15) is 29.2 Å². The van der Waals surface area contributed by atoms with Gasteiger partial charge in [0.05, 0.1) is 6.61 Å². The van der Waals surface area contributed by atoms with Gasteiger partial charge in [0.15, 0.2) is 11.5 Å². The number of benzene rings is 2. The summed E-state index contributed by atoms with van der Waals surface area (Å²) in [6, 6.07) is 12.4. The highest BCUT2D eigenvalue weighted by Gasteiger charge is 2.38. The summed E-state index contributed by atoms with van der Waals surface area (Å²) >= 11 is 12.5. The van der Waals surface area contributed by atoms with Crippen LogP contribution in [0, 0.1) is 0 Å². The summed E-state index contributed by atoms with van der Waals surface area (Å²) in [5.41, 5.74) is 0.697. The second-order valence-corrected chi connectivity index (χ2v) is 7.15. The van der Waals surface area contributed by atoms with E-state index in [4.69, 9.17) is 27.9 Å². The molecule has 10 heteroatoms. The Morgan fingerprint density at radius 3 is 2.55 bits per heavy atom. The number of halogens is 2. The first kappa shape index (κ1) is 19.5. The maximum atomic E-state index is 9.23. The third-order valence-electron chi connectivity index (χ3n) is 4.24. The van der Waals surface area contributed by atoms with E-state index in [1.54, 1.807) is 47.7 Å². The maximum Gasteiger partial charge on any atom is 0.225 e. The lowest BCUT2D eigenvalue weighted by Crippen LogP contribution is -2.42. The number of nitrogens with zero attached hydrogens (tertiary/aromatic N) is 6. The minimum absolute atomic E-state index is 0.0290. The predicted molar refractivity (Wildman–Crippen MR) is 112 cm³/mol. The van der Waals surface area contributed by atoms with Crippen LogP contribution in [0.5, 0.6) is 11.5 Å². The van der Waals surface area contributed by atoms with E-state index in [0.717, 1.165) is 0 Å². The summed E-state index contributed by atoms with van der Waals surface area (Å²) in [6.07, 6.45) is 5.07. The molecule has 148 valence electrons. The molecule has 1 unspecified atom stereocenters. The molecular weight excluding hydrogens is 415 g/mol. The maximum absolute atomic E-state index is 9.23. The zero-order chi connectivity index (χ0) is 20.3. The van der Waals surface area contributed by atoms with Crippen LogP contribution in [0.25, 0.3) is 0 Å². The number of quaternary nitrogens is 1. The predicted octanol–water partition coefficient (Wildman–Crippen LogP) is 4.08. The van der Waals surface area contributed by atoms with E-state index in [2.05, 4.69) is 20.2 Å². The minimum Gasteiger partial charge on any atom is -0.457 e. The van der Waals surface area contributed by atoms with Crippen molar-refractivity contribution in [1.82, 2.24) is 19.4 Å². The first-order valence-electron chi connectivity index (χ1n) is 8.77. The van der Waals surface area contributed by atoms with Gasteiger partial charge in [0.25, 0.3) is 0 Å². The molecule has 4 rings (SSSR count). The van der Waals surface area contributed by atoms with E-state index in [1.807, 2.05) is 12.1 Å². The highest BCUT2D eigenvalue weighted by molar-refractivity contribution is 6.33. The van der Waals surface area contributed by atoms with Gasteiger partial charge < -0.3 is 9.84 Å². The molecule has 3 aromatic rings. The Hall–Kier alpha value is -2.78. The number of aliphatic hydroxyl groups excluding tert-OH is 1. The molecule has 1 aliphatic heterocycles. The fraction of sp³-hybridized carbons (Fsp3) is 0.158. The molecule has 0 bridgehead atoms. The van der Waals surface area contributed by atoms with E-state index in [-0.39, 0.29) is 11.2 Å². The van der Waals surface area contributed by atoms with E-state index >= 15 is 0 Å². The summed E-state index contributed by atoms with van der Waals surface area (Å²) in [6.45, 7) is 0.274. The number of amidine groups is 1. The molecule has 1 aliphatic rings. The van der Waals surface area contributed by atoms with Crippen molar-refractivity contribution in [3.63, 3.8) is 0 Å². The molecule has 0 saturated carbocycles. The molecule has 0 saturated heterocycles. The third kappa shape index (κ3) is 4.30. The van der Waals surface area contributed by atoms with Gasteiger partial charge >= 0.3 is 0 Å². The molecule has 0 amide bonds. The Bertz CT molecular complexity index is 1050. The van der Waals surface area contributed by atoms with Crippen molar-refractivity contribution in [2.45, 2.75) is 13.1 Å². The fourth-order valence-corrected chi connectivity index (χ4v) is 3.37. The fourth-order valence-electron chi connectivity index (χ4n) is 2.93. The number of ether oxygens (including phenoxy) is 1. The van der Waals surface area contributed by atoms with Crippen molar-refractivity contribution in [1.29, 1.82) is 0 Å². The van der Waals surface area contributed by atoms with Crippen LogP contribution in [0.1, 0.15) is 6.42 Å². The Balaban J connectivity index is 1.66. The van der Waals surface area contributed by atoms with Crippen LogP contribution in [0.4, 0.5) is 5.69 Å². The monoisotopic (exact) mass is 431 g/mol. The van der Waals surface area contributed by atoms with Crippen LogP contribution in [-0.4, -0.2) is 38.7 Å². The summed E-state index contributed by atoms with van der Waals surface area (Å²) in [5, 5.41) is 19.2. The van der Waals surface area contributed by atoms with Crippen LogP contribution in [-0.2, 0) is 6.67 Å². The highest BCUT2D eigenvalue weighted by atomic mass is 35.5. The number of aromatic nitrogens is 3. The van der Waals surface area contributed by atoms with Gasteiger partial charge in [0, 0.05) is 23.6 Å². The average molecular weight is 432 g/mol. The van der Waals surface area contributed by atoms with Gasteiger partial charge in [-0.25, -0.2) is 4.98 Å². The molecule has 1 aromatic heterocycles. The Kier molecular flexibility index (Phi) is 5.59. The SMILES string of the molecule is OCCC1=N[N+](Cn2cncn2)(c2ccc(Oc3ccc(Cl)cc3)cc2Cl)C=N1. The molecule has 2 aromatic carbocycles. The molecule has 0 spiro atoms. The lowest BCUT2D eigenvalue weighted by molar-refractivity contribution is 0.305. The van der Waals surface area contributed by atoms with Crippen LogP contribution in [0.2, 0.25) is 10.0 Å². The van der Waals surface area contributed by atoms with E-state index < -0.39 is 0 Å². The first-order chi connectivity index (χ1) is 14.1. The van der Waals surface area contributed by atoms with Crippen LogP contribution >= 0.6 is 23.2 Å². The molecular formula is C19H17Cl2N6O2+. The molecule has 0 radical (unpaired) electrons. The van der Waals surface area contributed by atoms with Gasteiger partial charge in [-0.05, 0) is 30.3 Å². The summed E-state index contributed by atoms with van der Waals surface area (Å²) in [4.78, 5) is 8.33. The standard InChI is InChI=1S/C19H17Cl2N6O2/c20-14-1-3-15(4-2-14)29-16-5-6-18(17(21)9-16)27(13-26-11-22-10-24-26)12-23-19(25-27)7-8-28/h1-6,9-12,28H,7-8,13H2/q+1. The second kappa shape index (κ2) is 8.30. The van der Waals surface area contributed by atoms with E-state index in [1.165, 1.54) is 6.33 Å². The van der Waals surface area contributed by atoms with Crippen molar-refractivity contribution in [3.05, 3.63) is 65.2 Å². The Morgan fingerprint density at radius 1 is 1.07 bits per heavy atom. The van der Waals surface area contributed by atoms with Gasteiger partial charge in [-0.1, -0.05) is 28.3 Å². The summed E-state index contributed by atoms with van der Waals surface area (Å²) < 4.78 is 7.47. The van der Waals surface area contributed by atoms with Crippen molar-refractivity contribution < 1.29 is 9.84 Å². The summed E-state index contributed by atoms with van der Waals surface area (Å²) in [7, 11) is 0. The number of rotatable bonds is 7. The highest BCUT2D eigenvalue weighted by Crippen LogP contribution is 2.37. The van der Waals surface area contributed by atoms with E-state index in [0.29, 0.717) is 46.2 Å². The van der Waals surface area contributed by atoms with Crippen molar-refractivity contribution in [2.75, 3.05) is 6.61 Å². The minimum atomic E-state index is -0.0406. The third-order valence-corrected chi connectivity index (χ3v) is 4.79. The van der Waals surface area contributed by atoms with Crippen LogP contribution < -0.4 is 9.33 Å². The second-order valence-electron chi connectivity index (χ2n) is 6.31. The molecule has 0 fully saturated rings. The number of hydrogen-bond acceptors (Lipinski definition) is 6. The van der Waals surface area contributed by atoms with Crippen molar-refractivity contribution >= 4 is 41.1 Å². The molecule has 29 heavy (non-hydrogen) atoms. The molecule has 1 N–H and O–H groups in total. The van der Waals surface area contributed by atoms with Crippen LogP contribution in [0.3, 0.4) is 0 Å². The zero-order valence-electron chi connectivity index (χ0n) is 15.2.